The Labute approximate surface area is 836 Å². The normalized spacial score (nSPS) is 20.8. The van der Waals surface area contributed by atoms with Crippen molar-refractivity contribution in [2.24, 2.45) is 10.8 Å². The number of alkyl halides is 6. The van der Waals surface area contributed by atoms with Crippen molar-refractivity contribution in [3.63, 3.8) is 0 Å². The second-order valence-corrected chi connectivity index (χ2v) is 41.5. The summed E-state index contributed by atoms with van der Waals surface area (Å²) in [4.78, 5) is 81.5. The fourth-order valence-electron chi connectivity index (χ4n) is 11.6. The Morgan fingerprint density at radius 2 is 0.759 bits per heavy atom. The molecule has 0 radical (unpaired) electrons. The first-order valence-electron chi connectivity index (χ1n) is 43.5. The van der Waals surface area contributed by atoms with Crippen LogP contribution in [0.15, 0.2) is 243 Å². The fraction of sp³-hybridized carbons (Fsp3) is 0.516. The Kier molecular flexibility index (Phi) is 69.7. The lowest BCUT2D eigenvalue weighted by molar-refractivity contribution is -0.244. The van der Waals surface area contributed by atoms with Gasteiger partial charge in [0.25, 0.3) is 0 Å². The Hall–Kier alpha value is -5.12. The van der Waals surface area contributed by atoms with Crippen molar-refractivity contribution in [1.82, 2.24) is 0 Å². The number of esters is 4. The summed E-state index contributed by atoms with van der Waals surface area (Å²) in [5.74, 6) is -11.3. The van der Waals surface area contributed by atoms with E-state index in [0.29, 0.717) is 32.5 Å². The number of ether oxygens (including phenoxy) is 8. The molecule has 141 heavy (non-hydrogen) atoms. The van der Waals surface area contributed by atoms with Gasteiger partial charge in [-0.1, -0.05) is 247 Å². The standard InChI is InChI=1S/C25H40F2O8P4.C25H41FO8P4.C20H27F2O9P.C20H28FO9P.CH4.H2/c1-5-31-39(29,32-6-2)25(26,27)34-22(24(3,4)17-16-20-14-12-15-23(28)33-20)19-21(35-38-37)13-10-8-7-9-11-18-30-36;1-5-30-38(28,31-6-2)24(26)33-22(25(3,4)17-16-20-14-12-15-23(27)32-20)19-21(34-37-36)13-10-8-7-9-11-18-29-35;1-19(26,12-11-16-9-7-10-18(25)30-16)17(31-20(21,22)32(27,28)29)14-15(24)8-5-3-2-4-6-13-23;1-20(25,12-11-16-9-7-10-18(24)29-16)17(30-19(21)31(26,27)28)14-15(23)8-5-3-2-4-6-13-22;;/h7-13,15-17,20-22,38H,5-6,14,18-19,36-37H2,1-4H3;7-13,15-17,20-22,24,37H,5-6,14,18-19,35-36H2,1-4H3;2-8,10-12,15-17,23-24,26H,9,13-14H2,1H3,(H2,27,28,29);2-8,10-12,15-17,19,22-23,25H,9,13-14H2,1H3,(H2,26,27,28);1H4;1H/b2*8-7-,11-9+,13-10-,17-16+;2*3-2-,6-4+,8-5-,12-11+;;/t20-,21+,22?;20-,21+,22?,24?;15-,16+,17?,19+;15-,16+,17?,19?,20+;;/m1100../s1/i;;;;;1+1. The molecule has 12 unspecified atom stereocenters. The highest BCUT2D eigenvalue weighted by molar-refractivity contribution is 8.00. The molecule has 0 fully saturated rings. The summed E-state index contributed by atoms with van der Waals surface area (Å²) in [7, 11) is -11.0. The molecule has 4 rings (SSSR count). The molecule has 4 aliphatic rings. The van der Waals surface area contributed by atoms with E-state index in [9.17, 15) is 71.0 Å². The van der Waals surface area contributed by atoms with Crippen molar-refractivity contribution in [1.29, 1.82) is 0 Å². The first kappa shape index (κ1) is 136. The quantitative estimate of drug-likeness (QED) is 0.00675. The molecule has 0 aromatic rings. The van der Waals surface area contributed by atoms with E-state index in [-0.39, 0.29) is 84.7 Å². The predicted molar refractivity (Wildman–Crippen MR) is 545 cm³/mol. The number of carbonyl (C=O) groups is 4. The molecule has 0 saturated heterocycles. The zero-order valence-corrected chi connectivity index (χ0v) is 89.3. The Morgan fingerprint density at radius 1 is 0.447 bits per heavy atom. The van der Waals surface area contributed by atoms with Crippen molar-refractivity contribution >= 4 is 108 Å². The van der Waals surface area contributed by atoms with Gasteiger partial charge in [-0.2, -0.15) is 17.6 Å². The van der Waals surface area contributed by atoms with Crippen molar-refractivity contribution in [3.8, 4) is 0 Å². The number of cyclic esters (lactones) is 4. The number of rotatable bonds is 62. The highest BCUT2D eigenvalue weighted by Crippen LogP contribution is 2.64. The van der Waals surface area contributed by atoms with Crippen LogP contribution in [-0.4, -0.2) is 235 Å². The molecule has 0 bridgehead atoms. The molecule has 50 heteroatoms. The van der Waals surface area contributed by atoms with Crippen molar-refractivity contribution in [3.05, 3.63) is 243 Å². The molecule has 4 heterocycles. The average Bonchev–Trinajstić information content (AvgIpc) is 0.787. The van der Waals surface area contributed by atoms with Crippen LogP contribution in [0.25, 0.3) is 0 Å². The van der Waals surface area contributed by atoms with Crippen LogP contribution in [0.5, 0.6) is 0 Å². The molecule has 22 atom stereocenters. The number of hydrogen-bond acceptors (Lipinski definition) is 30. The molecule has 0 spiro atoms. The number of hydrogen-bond donors (Lipinski definition) is 10. The van der Waals surface area contributed by atoms with E-state index >= 15 is 13.2 Å². The summed E-state index contributed by atoms with van der Waals surface area (Å²) in [6.07, 6.45) is 46.1. The van der Waals surface area contributed by atoms with Crippen LogP contribution in [0.1, 0.15) is 129 Å². The van der Waals surface area contributed by atoms with Crippen molar-refractivity contribution < 1.29 is 190 Å². The number of aliphatic hydroxyl groups excluding tert-OH is 4. The maximum Gasteiger partial charge on any atom is 0.459 e. The first-order valence-corrected chi connectivity index (χ1v) is 56.4. The van der Waals surface area contributed by atoms with Crippen molar-refractivity contribution in [2.75, 3.05) is 52.9 Å². The SMILES string of the molecule is C.CCOP(=O)(OCC)C(F)(F)OC(C[C@H](\C=C/C=C\C=C\COP)OPP)C(C)(C)/C=C/[C@H]1CC=CC(=O)O1.CCOP(=O)(OCC)C(F)OC(C[C@H](\C=C/C=C\C=C\COP)OPP)C(C)(C)/C=C/[C@H]1CC=CC(=O)O1.C[C@@](O)(/C=C/[C@H]1CC=CC(=O)O1)C(C[C@@H](O)\C=C/C=C\C=C\CO)OC(F)(F)P(=O)(O)O.C[C@@](O)(/C=C/[C@H]1CC=CC(=O)O1)C(C[C@@H](O)\C=C/C=C\C=C\CO)OC(F)P(=O)(O)O.[2HH]. The number of allylic oxidation sites excluding steroid dienone is 16. The highest BCUT2D eigenvalue weighted by atomic mass is 32.0. The molecule has 802 valence electrons. The van der Waals surface area contributed by atoms with Gasteiger partial charge in [0.1, 0.15) is 35.6 Å². The summed E-state index contributed by atoms with van der Waals surface area (Å²) in [5.41, 5.74) is -6.03. The molecular weight excluding hydrogens is 2060 g/mol. The lowest BCUT2D eigenvalue weighted by Gasteiger charge is -2.37. The fourth-order valence-corrected chi connectivity index (χ4v) is 16.8. The van der Waals surface area contributed by atoms with Gasteiger partial charge in [-0.15, -0.1) is 0 Å². The molecule has 0 saturated carbocycles. The van der Waals surface area contributed by atoms with Gasteiger partial charge < -0.3 is 124 Å². The van der Waals surface area contributed by atoms with Crippen LogP contribution in [0.4, 0.5) is 26.3 Å². The van der Waals surface area contributed by atoms with E-state index in [4.69, 9.17) is 99.1 Å². The van der Waals surface area contributed by atoms with Gasteiger partial charge in [-0.3, -0.25) is 18.3 Å². The van der Waals surface area contributed by atoms with Gasteiger partial charge in [-0.25, -0.2) is 28.0 Å². The highest BCUT2D eigenvalue weighted by Gasteiger charge is 2.59. The van der Waals surface area contributed by atoms with Gasteiger partial charge in [0.05, 0.1) is 102 Å². The maximum absolute atomic E-state index is 15.4. The van der Waals surface area contributed by atoms with Crippen molar-refractivity contribution in [2.45, 2.75) is 236 Å². The largest absolute Gasteiger partial charge is 0.459 e. The van der Waals surface area contributed by atoms with E-state index in [1.54, 1.807) is 113 Å². The van der Waals surface area contributed by atoms with Gasteiger partial charge in [0.2, 0.25) is 0 Å². The van der Waals surface area contributed by atoms with Gasteiger partial charge >= 0.3 is 78.2 Å². The van der Waals surface area contributed by atoms with Crippen LogP contribution < -0.4 is 0 Å². The van der Waals surface area contributed by atoms with Crippen LogP contribution in [0.3, 0.4) is 0 Å². The molecule has 0 amide bonds. The Morgan fingerprint density at radius 3 is 1.09 bits per heavy atom. The lowest BCUT2D eigenvalue weighted by Crippen LogP contribution is -2.45. The van der Waals surface area contributed by atoms with Gasteiger partial charge in [-0.05, 0) is 65.8 Å². The molecule has 34 nitrogen and oxygen atoms in total. The first-order chi connectivity index (χ1) is 65.8. The summed E-state index contributed by atoms with van der Waals surface area (Å²) in [6, 6.07) is 0. The molecule has 0 aliphatic carbocycles. The summed E-state index contributed by atoms with van der Waals surface area (Å²) in [6.45, 7) is 15.6. The average molecular weight is 2200 g/mol. The van der Waals surface area contributed by atoms with Crippen LogP contribution in [0.2, 0.25) is 0 Å². The van der Waals surface area contributed by atoms with Gasteiger partial charge in [0.15, 0.2) is 0 Å². The maximum atomic E-state index is 15.4. The van der Waals surface area contributed by atoms with E-state index < -0.39 is 186 Å². The third-order valence-electron chi connectivity index (χ3n) is 18.8. The lowest BCUT2D eigenvalue weighted by atomic mass is 9.82. The summed E-state index contributed by atoms with van der Waals surface area (Å²) >= 11 is 0. The minimum Gasteiger partial charge on any atom is -0.455 e. The van der Waals surface area contributed by atoms with Crippen LogP contribution >= 0.6 is 84.2 Å². The summed E-state index contributed by atoms with van der Waals surface area (Å²) < 4.78 is 218. The molecule has 0 aromatic heterocycles. The number of aliphatic hydroxyl groups is 6. The van der Waals surface area contributed by atoms with E-state index in [1.807, 2.05) is 62.5 Å². The van der Waals surface area contributed by atoms with E-state index in [1.165, 1.54) is 118 Å². The minimum atomic E-state index is -6.03. The molecule has 10 N–H and O–H groups in total. The minimum absolute atomic E-state index is 0. The zero-order valence-electron chi connectivity index (χ0n) is 79.1. The molecule has 0 aromatic carbocycles. The summed E-state index contributed by atoms with van der Waals surface area (Å²) in [5, 5.41) is 58.9. The zero-order chi connectivity index (χ0) is 106. The third kappa shape index (κ3) is 57.9. The van der Waals surface area contributed by atoms with Crippen LogP contribution in [-0.2, 0) is 112 Å². The topological polar surface area (TPSA) is 487 Å². The van der Waals surface area contributed by atoms with E-state index in [0.717, 1.165) is 19.1 Å². The van der Waals surface area contributed by atoms with Crippen LogP contribution in [0, 0.1) is 10.8 Å². The monoisotopic (exact) mass is 2200 g/mol. The third-order valence-corrected chi connectivity index (χ3v) is 26.2. The molecular formula is C91H142F6O34P10. The number of halogens is 6. The smallest absolute Gasteiger partial charge is 0.455 e. The number of carbonyl (C=O) groups excluding carboxylic acids is 4. The molecule has 4 aliphatic heterocycles. The Bertz CT molecular complexity index is 4500. The Balaban J connectivity index is 0. The van der Waals surface area contributed by atoms with E-state index in [2.05, 4.69) is 41.5 Å². The second kappa shape index (κ2) is 72.3. The predicted octanol–water partition coefficient (Wildman–Crippen LogP) is 18.2. The second-order valence-electron chi connectivity index (χ2n) is 31.3. The van der Waals surface area contributed by atoms with Gasteiger partial charge in [0, 0.05) is 124 Å².